The van der Waals surface area contributed by atoms with Crippen molar-refractivity contribution in [3.63, 3.8) is 0 Å². The van der Waals surface area contributed by atoms with E-state index in [0.29, 0.717) is 35.4 Å². The van der Waals surface area contributed by atoms with Crippen LogP contribution < -0.4 is 16.0 Å². The van der Waals surface area contributed by atoms with E-state index in [1.807, 2.05) is 13.0 Å². The number of pyridine rings is 1. The molecule has 0 atom stereocenters. The maximum absolute atomic E-state index is 12.6. The second-order valence-corrected chi connectivity index (χ2v) is 5.84. The van der Waals surface area contributed by atoms with E-state index >= 15 is 0 Å². The Labute approximate surface area is 161 Å². The molecule has 1 aromatic carbocycles. The number of carbonyl (C=O) groups is 2. The van der Waals surface area contributed by atoms with E-state index in [4.69, 9.17) is 0 Å². The van der Waals surface area contributed by atoms with Gasteiger partial charge in [0.05, 0.1) is 11.6 Å². The molecule has 9 heteroatoms. The van der Waals surface area contributed by atoms with Crippen LogP contribution in [0.4, 0.5) is 10.7 Å². The van der Waals surface area contributed by atoms with Gasteiger partial charge < -0.3 is 10.6 Å². The molecule has 3 N–H and O–H groups in total. The van der Waals surface area contributed by atoms with Gasteiger partial charge >= 0.3 is 6.03 Å². The van der Waals surface area contributed by atoms with Crippen LogP contribution >= 0.6 is 0 Å². The summed E-state index contributed by atoms with van der Waals surface area (Å²) in [6.07, 6.45) is 0. The number of hydrogen-bond acceptors (Lipinski definition) is 5. The minimum atomic E-state index is -0.437. The molecule has 3 amide bonds. The molecule has 9 nitrogen and oxygen atoms in total. The van der Waals surface area contributed by atoms with Crippen LogP contribution in [0.25, 0.3) is 16.8 Å². The minimum Gasteiger partial charge on any atom is -0.351 e. The first kappa shape index (κ1) is 18.8. The Morgan fingerprint density at radius 3 is 2.61 bits per heavy atom. The number of urea groups is 1. The van der Waals surface area contributed by atoms with Crippen LogP contribution in [0, 0.1) is 11.3 Å². The van der Waals surface area contributed by atoms with E-state index in [1.54, 1.807) is 37.3 Å². The molecular formula is C19H19N7O2. The summed E-state index contributed by atoms with van der Waals surface area (Å²) >= 11 is 0. The summed E-state index contributed by atoms with van der Waals surface area (Å²) in [5.41, 5.74) is 2.44. The van der Waals surface area contributed by atoms with Crippen LogP contribution in [-0.2, 0) is 0 Å². The van der Waals surface area contributed by atoms with Crippen LogP contribution in [0.5, 0.6) is 0 Å². The average molecular weight is 377 g/mol. The van der Waals surface area contributed by atoms with Crippen molar-refractivity contribution < 1.29 is 9.59 Å². The van der Waals surface area contributed by atoms with Crippen molar-refractivity contribution in [1.29, 1.82) is 5.26 Å². The molecule has 0 aliphatic carbocycles. The Morgan fingerprint density at radius 2 is 1.89 bits per heavy atom. The minimum absolute atomic E-state index is 0.0715. The van der Waals surface area contributed by atoms with E-state index < -0.39 is 6.03 Å². The summed E-state index contributed by atoms with van der Waals surface area (Å²) in [6, 6.07) is 12.2. The van der Waals surface area contributed by atoms with Crippen molar-refractivity contribution in [2.75, 3.05) is 18.4 Å². The molecule has 0 unspecified atom stereocenters. The first-order valence-corrected chi connectivity index (χ1v) is 8.80. The number of nitrogens with zero attached hydrogens (tertiary/aromatic N) is 4. The molecule has 0 aliphatic rings. The summed E-state index contributed by atoms with van der Waals surface area (Å²) in [7, 11) is 0. The van der Waals surface area contributed by atoms with E-state index in [-0.39, 0.29) is 17.5 Å². The van der Waals surface area contributed by atoms with Gasteiger partial charge in [-0.2, -0.15) is 10.2 Å². The third-order valence-electron chi connectivity index (χ3n) is 3.93. The highest BCUT2D eigenvalue weighted by molar-refractivity contribution is 5.95. The fourth-order valence-electron chi connectivity index (χ4n) is 2.74. The Hall–Kier alpha value is -3.93. The van der Waals surface area contributed by atoms with E-state index in [2.05, 4.69) is 32.1 Å². The summed E-state index contributed by atoms with van der Waals surface area (Å²) in [6.45, 7) is 4.51. The average Bonchev–Trinajstić information content (AvgIpc) is 3.09. The molecule has 0 radical (unpaired) electrons. The molecule has 3 rings (SSSR count). The van der Waals surface area contributed by atoms with Crippen molar-refractivity contribution in [2.45, 2.75) is 13.8 Å². The standard InChI is InChI=1S/C19H19N7O2/c1-3-21-17(27)15-9-13(14-8-6-5-7-12(14)11-20)10-16-23-18(25-26(15)16)24-19(28)22-4-2/h5-10H,3-4H2,1-2H3,(H,21,27)(H2,22,24,25,28). The second-order valence-electron chi connectivity index (χ2n) is 5.84. The second kappa shape index (κ2) is 8.18. The van der Waals surface area contributed by atoms with E-state index in [9.17, 15) is 14.9 Å². The Kier molecular flexibility index (Phi) is 5.50. The quantitative estimate of drug-likeness (QED) is 0.628. The smallest absolute Gasteiger partial charge is 0.321 e. The van der Waals surface area contributed by atoms with Crippen LogP contribution in [0.2, 0.25) is 0 Å². The van der Waals surface area contributed by atoms with Crippen LogP contribution in [0.3, 0.4) is 0 Å². The molecule has 2 heterocycles. The molecule has 28 heavy (non-hydrogen) atoms. The third kappa shape index (κ3) is 3.76. The molecule has 0 spiro atoms. The lowest BCUT2D eigenvalue weighted by Gasteiger charge is -2.09. The first-order chi connectivity index (χ1) is 13.6. The molecule has 2 aromatic heterocycles. The van der Waals surface area contributed by atoms with Crippen molar-refractivity contribution >= 4 is 23.5 Å². The normalized spacial score (nSPS) is 10.3. The topological polar surface area (TPSA) is 124 Å². The summed E-state index contributed by atoms with van der Waals surface area (Å²) < 4.78 is 1.37. The number of anilines is 1. The van der Waals surface area contributed by atoms with Gasteiger partial charge in [0.1, 0.15) is 5.69 Å². The van der Waals surface area contributed by atoms with Crippen molar-refractivity contribution in [2.24, 2.45) is 0 Å². The summed E-state index contributed by atoms with van der Waals surface area (Å²) in [5.74, 6) is -0.263. The number of hydrogen-bond donors (Lipinski definition) is 3. The third-order valence-corrected chi connectivity index (χ3v) is 3.93. The fourth-order valence-corrected chi connectivity index (χ4v) is 2.74. The number of amides is 3. The molecule has 0 fully saturated rings. The molecule has 3 aromatic rings. The van der Waals surface area contributed by atoms with Gasteiger partial charge in [-0.1, -0.05) is 18.2 Å². The molecule has 0 aliphatic heterocycles. The van der Waals surface area contributed by atoms with Gasteiger partial charge in [-0.15, -0.1) is 5.10 Å². The molecule has 0 saturated carbocycles. The van der Waals surface area contributed by atoms with Gasteiger partial charge in [0.25, 0.3) is 11.9 Å². The highest BCUT2D eigenvalue weighted by atomic mass is 16.2. The lowest BCUT2D eigenvalue weighted by atomic mass is 10.0. The van der Waals surface area contributed by atoms with E-state index in [1.165, 1.54) is 4.52 Å². The van der Waals surface area contributed by atoms with Gasteiger partial charge in [-0.25, -0.2) is 9.31 Å². The monoisotopic (exact) mass is 377 g/mol. The molecule has 142 valence electrons. The van der Waals surface area contributed by atoms with Crippen molar-refractivity contribution in [3.05, 3.63) is 47.7 Å². The number of nitrogens with one attached hydrogen (secondary N) is 3. The first-order valence-electron chi connectivity index (χ1n) is 8.80. The summed E-state index contributed by atoms with van der Waals surface area (Å²) in [5, 5.41) is 21.5. The summed E-state index contributed by atoms with van der Waals surface area (Å²) in [4.78, 5) is 28.6. The maximum atomic E-state index is 12.6. The molecule has 0 bridgehead atoms. The van der Waals surface area contributed by atoms with Crippen LogP contribution in [-0.4, -0.2) is 39.6 Å². The van der Waals surface area contributed by atoms with Gasteiger partial charge in [0.2, 0.25) is 0 Å². The lowest BCUT2D eigenvalue weighted by Crippen LogP contribution is -2.28. The van der Waals surface area contributed by atoms with Gasteiger partial charge in [0, 0.05) is 13.1 Å². The largest absolute Gasteiger partial charge is 0.351 e. The van der Waals surface area contributed by atoms with Crippen molar-refractivity contribution in [1.82, 2.24) is 25.2 Å². The maximum Gasteiger partial charge on any atom is 0.321 e. The zero-order valence-electron chi connectivity index (χ0n) is 15.5. The number of aromatic nitrogens is 3. The lowest BCUT2D eigenvalue weighted by molar-refractivity contribution is 0.0948. The van der Waals surface area contributed by atoms with E-state index in [0.717, 1.165) is 0 Å². The van der Waals surface area contributed by atoms with Crippen LogP contribution in [0.1, 0.15) is 29.9 Å². The fraction of sp³-hybridized carbons (Fsp3) is 0.211. The molecular weight excluding hydrogens is 358 g/mol. The van der Waals surface area contributed by atoms with Gasteiger partial charge in [0.15, 0.2) is 5.65 Å². The number of carbonyl (C=O) groups excluding carboxylic acids is 2. The highest BCUT2D eigenvalue weighted by Gasteiger charge is 2.17. The molecule has 0 saturated heterocycles. The Balaban J connectivity index is 2.15. The zero-order valence-corrected chi connectivity index (χ0v) is 15.5. The number of rotatable bonds is 5. The van der Waals surface area contributed by atoms with Gasteiger partial charge in [-0.3, -0.25) is 10.1 Å². The number of benzene rings is 1. The van der Waals surface area contributed by atoms with Crippen LogP contribution in [0.15, 0.2) is 36.4 Å². The SMILES string of the molecule is CCNC(=O)Nc1nc2cc(-c3ccccc3C#N)cc(C(=O)NCC)n2n1. The zero-order chi connectivity index (χ0) is 20.1. The number of nitriles is 1. The number of fused-ring (bicyclic) bond motifs is 1. The van der Waals surface area contributed by atoms with Crippen molar-refractivity contribution in [3.8, 4) is 17.2 Å². The predicted molar refractivity (Wildman–Crippen MR) is 104 cm³/mol. The van der Waals surface area contributed by atoms with Gasteiger partial charge in [-0.05, 0) is 43.2 Å². The highest BCUT2D eigenvalue weighted by Crippen LogP contribution is 2.26. The predicted octanol–water partition coefficient (Wildman–Crippen LogP) is 2.16. The Morgan fingerprint density at radius 1 is 1.14 bits per heavy atom. The Bertz CT molecular complexity index is 1080.